The van der Waals surface area contributed by atoms with E-state index >= 15 is 0 Å². The molecule has 0 radical (unpaired) electrons. The summed E-state index contributed by atoms with van der Waals surface area (Å²) in [6.45, 7) is 6.80. The van der Waals surface area contributed by atoms with Crippen molar-refractivity contribution in [2.75, 3.05) is 52.6 Å². The van der Waals surface area contributed by atoms with Gasteiger partial charge in [-0.3, -0.25) is 4.90 Å². The van der Waals surface area contributed by atoms with Crippen LogP contribution in [-0.2, 0) is 19.5 Å². The van der Waals surface area contributed by atoms with E-state index < -0.39 is 15.8 Å². The summed E-state index contributed by atoms with van der Waals surface area (Å²) in [7, 11) is -3.69. The van der Waals surface area contributed by atoms with Gasteiger partial charge in [0.05, 0.1) is 18.1 Å². The number of rotatable bonds is 6. The number of hydrogen-bond acceptors (Lipinski definition) is 5. The summed E-state index contributed by atoms with van der Waals surface area (Å²) < 4.78 is 52.5. The van der Waals surface area contributed by atoms with E-state index in [1.54, 1.807) is 11.2 Å². The molecule has 2 aliphatic heterocycles. The van der Waals surface area contributed by atoms with Gasteiger partial charge in [0.15, 0.2) is 0 Å². The van der Waals surface area contributed by atoms with Gasteiger partial charge in [0.1, 0.15) is 5.82 Å². The smallest absolute Gasteiger partial charge is 0.243 e. The van der Waals surface area contributed by atoms with Crippen molar-refractivity contribution in [1.29, 1.82) is 0 Å². The van der Waals surface area contributed by atoms with Crippen molar-refractivity contribution >= 4 is 10.0 Å². The Kier molecular flexibility index (Phi) is 6.63. The first-order valence-corrected chi connectivity index (χ1v) is 10.6. The minimum absolute atomic E-state index is 0.0832. The van der Waals surface area contributed by atoms with E-state index in [9.17, 15) is 12.8 Å². The Morgan fingerprint density at radius 3 is 2.46 bits per heavy atom. The van der Waals surface area contributed by atoms with Crippen LogP contribution in [0.5, 0.6) is 0 Å². The number of morpholine rings is 1. The standard InChI is InChI=1S/C18H27FN2O4S/c1-15-14-17(2-3-18(15)19)26(22,23)21(16-4-10-24-11-5-16)7-6-20-8-12-25-13-9-20/h2-3,14,16H,4-13H2,1H3. The molecule has 8 heteroatoms. The zero-order valence-electron chi connectivity index (χ0n) is 15.2. The molecule has 0 amide bonds. The first-order chi connectivity index (χ1) is 12.5. The molecular formula is C18H27FN2O4S. The van der Waals surface area contributed by atoms with Crippen molar-refractivity contribution < 1.29 is 22.3 Å². The van der Waals surface area contributed by atoms with Crippen LogP contribution in [-0.4, -0.2) is 76.3 Å². The summed E-state index contributed by atoms with van der Waals surface area (Å²) in [5.74, 6) is -0.394. The lowest BCUT2D eigenvalue weighted by Crippen LogP contribution is -2.48. The molecule has 0 spiro atoms. The molecule has 0 aromatic heterocycles. The average Bonchev–Trinajstić information content (AvgIpc) is 2.65. The highest BCUT2D eigenvalue weighted by molar-refractivity contribution is 7.89. The molecule has 2 fully saturated rings. The number of sulfonamides is 1. The van der Waals surface area contributed by atoms with E-state index in [4.69, 9.17) is 9.47 Å². The molecule has 0 atom stereocenters. The van der Waals surface area contributed by atoms with E-state index in [0.717, 1.165) is 13.1 Å². The number of benzene rings is 1. The van der Waals surface area contributed by atoms with Crippen molar-refractivity contribution in [1.82, 2.24) is 9.21 Å². The molecule has 0 saturated carbocycles. The largest absolute Gasteiger partial charge is 0.381 e. The molecule has 1 aromatic rings. The molecule has 0 aliphatic carbocycles. The second-order valence-electron chi connectivity index (χ2n) is 6.82. The third-order valence-corrected chi connectivity index (χ3v) is 7.02. The highest BCUT2D eigenvalue weighted by atomic mass is 32.2. The van der Waals surface area contributed by atoms with Crippen LogP contribution in [0.2, 0.25) is 0 Å². The molecule has 2 saturated heterocycles. The molecular weight excluding hydrogens is 359 g/mol. The molecule has 2 aliphatic rings. The van der Waals surface area contributed by atoms with Crippen LogP contribution in [0.25, 0.3) is 0 Å². The van der Waals surface area contributed by atoms with Crippen LogP contribution in [0.4, 0.5) is 4.39 Å². The lowest BCUT2D eigenvalue weighted by atomic mass is 10.1. The van der Waals surface area contributed by atoms with Gasteiger partial charge in [-0.25, -0.2) is 12.8 Å². The van der Waals surface area contributed by atoms with Crippen molar-refractivity contribution in [3.8, 4) is 0 Å². The van der Waals surface area contributed by atoms with Gasteiger partial charge in [-0.05, 0) is 43.5 Å². The lowest BCUT2D eigenvalue weighted by molar-refractivity contribution is 0.0291. The summed E-state index contributed by atoms with van der Waals surface area (Å²) in [5.41, 5.74) is 0.339. The summed E-state index contributed by atoms with van der Waals surface area (Å²) in [4.78, 5) is 2.38. The van der Waals surface area contributed by atoms with Crippen LogP contribution >= 0.6 is 0 Å². The minimum Gasteiger partial charge on any atom is -0.381 e. The van der Waals surface area contributed by atoms with Gasteiger partial charge in [-0.15, -0.1) is 0 Å². The first kappa shape index (κ1) is 19.7. The summed E-state index contributed by atoms with van der Waals surface area (Å²) in [6.07, 6.45) is 1.37. The Hall–Kier alpha value is -1.06. The second-order valence-corrected chi connectivity index (χ2v) is 8.71. The van der Waals surface area contributed by atoms with Gasteiger partial charge in [0, 0.05) is 45.4 Å². The molecule has 3 rings (SSSR count). The summed E-state index contributed by atoms with van der Waals surface area (Å²) >= 11 is 0. The van der Waals surface area contributed by atoms with Crippen molar-refractivity contribution in [2.24, 2.45) is 0 Å². The number of hydrogen-bond donors (Lipinski definition) is 0. The maximum Gasteiger partial charge on any atom is 0.243 e. The molecule has 0 bridgehead atoms. The van der Waals surface area contributed by atoms with Gasteiger partial charge in [-0.2, -0.15) is 4.31 Å². The van der Waals surface area contributed by atoms with E-state index in [-0.39, 0.29) is 10.9 Å². The monoisotopic (exact) mass is 386 g/mol. The number of halogens is 1. The quantitative estimate of drug-likeness (QED) is 0.744. The lowest BCUT2D eigenvalue weighted by Gasteiger charge is -2.35. The predicted octanol–water partition coefficient (Wildman–Crippen LogP) is 1.64. The Morgan fingerprint density at radius 1 is 1.15 bits per heavy atom. The van der Waals surface area contributed by atoms with Crippen LogP contribution in [0.3, 0.4) is 0 Å². The fraction of sp³-hybridized carbons (Fsp3) is 0.667. The van der Waals surface area contributed by atoms with Crippen molar-refractivity contribution in [2.45, 2.75) is 30.7 Å². The molecule has 146 valence electrons. The topological polar surface area (TPSA) is 59.1 Å². The molecule has 0 N–H and O–H groups in total. The minimum atomic E-state index is -3.69. The Bertz CT molecular complexity index is 701. The Balaban J connectivity index is 1.81. The zero-order chi connectivity index (χ0) is 18.6. The summed E-state index contributed by atoms with van der Waals surface area (Å²) in [6, 6.07) is 3.93. The van der Waals surface area contributed by atoms with Crippen LogP contribution < -0.4 is 0 Å². The molecule has 26 heavy (non-hydrogen) atoms. The van der Waals surface area contributed by atoms with E-state index in [1.807, 2.05) is 0 Å². The number of nitrogens with zero attached hydrogens (tertiary/aromatic N) is 2. The van der Waals surface area contributed by atoms with Gasteiger partial charge in [0.2, 0.25) is 10.0 Å². The number of ether oxygens (including phenoxy) is 2. The second kappa shape index (κ2) is 8.75. The van der Waals surface area contributed by atoms with Gasteiger partial charge >= 0.3 is 0 Å². The zero-order valence-corrected chi connectivity index (χ0v) is 16.0. The third kappa shape index (κ3) is 4.61. The maximum atomic E-state index is 13.6. The Morgan fingerprint density at radius 2 is 1.81 bits per heavy atom. The SMILES string of the molecule is Cc1cc(S(=O)(=O)N(CCN2CCOCC2)C2CCOCC2)ccc1F. The fourth-order valence-electron chi connectivity index (χ4n) is 3.45. The van der Waals surface area contributed by atoms with E-state index in [2.05, 4.69) is 4.90 Å². The third-order valence-electron chi connectivity index (χ3n) is 5.07. The van der Waals surface area contributed by atoms with Gasteiger partial charge in [-0.1, -0.05) is 0 Å². The molecule has 6 nitrogen and oxygen atoms in total. The average molecular weight is 386 g/mol. The Labute approximate surface area is 154 Å². The first-order valence-electron chi connectivity index (χ1n) is 9.14. The number of aryl methyl sites for hydroxylation is 1. The molecule has 0 unspecified atom stereocenters. The predicted molar refractivity (Wildman–Crippen MR) is 96.1 cm³/mol. The highest BCUT2D eigenvalue weighted by Gasteiger charge is 2.33. The molecule has 2 heterocycles. The van der Waals surface area contributed by atoms with Gasteiger partial charge < -0.3 is 9.47 Å². The van der Waals surface area contributed by atoms with Crippen LogP contribution in [0.1, 0.15) is 18.4 Å². The van der Waals surface area contributed by atoms with Crippen molar-refractivity contribution in [3.05, 3.63) is 29.6 Å². The maximum absolute atomic E-state index is 13.6. The summed E-state index contributed by atoms with van der Waals surface area (Å²) in [5, 5.41) is 0. The normalized spacial score (nSPS) is 20.6. The van der Waals surface area contributed by atoms with Gasteiger partial charge in [0.25, 0.3) is 0 Å². The highest BCUT2D eigenvalue weighted by Crippen LogP contribution is 2.25. The van der Waals surface area contributed by atoms with E-state index in [0.29, 0.717) is 57.9 Å². The fourth-order valence-corrected chi connectivity index (χ4v) is 5.21. The van der Waals surface area contributed by atoms with Crippen molar-refractivity contribution in [3.63, 3.8) is 0 Å². The van der Waals surface area contributed by atoms with Crippen LogP contribution in [0, 0.1) is 12.7 Å². The van der Waals surface area contributed by atoms with E-state index in [1.165, 1.54) is 18.2 Å². The molecule has 1 aromatic carbocycles. The van der Waals surface area contributed by atoms with Crippen LogP contribution in [0.15, 0.2) is 23.1 Å².